The van der Waals surface area contributed by atoms with Crippen LogP contribution in [0.15, 0.2) is 24.3 Å². The molecule has 5 nitrogen and oxygen atoms in total. The van der Waals surface area contributed by atoms with E-state index < -0.39 is 11.9 Å². The topological polar surface area (TPSA) is 82.3 Å². The van der Waals surface area contributed by atoms with Crippen LogP contribution in [0.25, 0.3) is 0 Å². The number of hydrogen-bond donors (Lipinski definition) is 1. The van der Waals surface area contributed by atoms with Gasteiger partial charge in [-0.3, -0.25) is 4.79 Å². The molecule has 0 fully saturated rings. The van der Waals surface area contributed by atoms with E-state index in [0.717, 1.165) is 0 Å². The van der Waals surface area contributed by atoms with Crippen molar-refractivity contribution in [1.29, 1.82) is 0 Å². The molecule has 0 aliphatic heterocycles. The van der Waals surface area contributed by atoms with Gasteiger partial charge >= 0.3 is 5.97 Å². The van der Waals surface area contributed by atoms with E-state index in [1.54, 1.807) is 12.1 Å². The predicted molar refractivity (Wildman–Crippen MR) is 88.4 cm³/mol. The molecule has 2 rings (SSSR count). The van der Waals surface area contributed by atoms with Crippen LogP contribution in [-0.4, -0.2) is 16.9 Å². The summed E-state index contributed by atoms with van der Waals surface area (Å²) in [7, 11) is 0. The van der Waals surface area contributed by atoms with E-state index in [9.17, 15) is 9.59 Å². The second kappa shape index (κ2) is 7.36. The molecule has 1 aromatic heterocycles. The van der Waals surface area contributed by atoms with Gasteiger partial charge in [0, 0.05) is 5.56 Å². The Morgan fingerprint density at radius 2 is 1.61 bits per heavy atom. The summed E-state index contributed by atoms with van der Waals surface area (Å²) in [6, 6.07) is 6.24. The van der Waals surface area contributed by atoms with Crippen molar-refractivity contribution < 1.29 is 14.3 Å². The molecule has 9 heteroatoms. The number of pyridine rings is 1. The quantitative estimate of drug-likeness (QED) is 0.624. The van der Waals surface area contributed by atoms with Crippen LogP contribution in [0.5, 0.6) is 0 Å². The smallest absolute Gasteiger partial charge is 0.358 e. The van der Waals surface area contributed by atoms with E-state index in [1.807, 2.05) is 0 Å². The summed E-state index contributed by atoms with van der Waals surface area (Å²) >= 11 is 23.3. The average Bonchev–Trinajstić information content (AvgIpc) is 2.54. The van der Waals surface area contributed by atoms with Crippen molar-refractivity contribution in [3.05, 3.63) is 61.3 Å². The number of halogens is 4. The first-order valence-corrected chi connectivity index (χ1v) is 7.58. The summed E-state index contributed by atoms with van der Waals surface area (Å²) in [5, 5.41) is -0.419. The molecule has 0 radical (unpaired) electrons. The highest BCUT2D eigenvalue weighted by Gasteiger charge is 2.21. The van der Waals surface area contributed by atoms with Crippen LogP contribution < -0.4 is 5.73 Å². The molecule has 0 aliphatic rings. The maximum absolute atomic E-state index is 12.0. The molecule has 1 heterocycles. The molecule has 23 heavy (non-hydrogen) atoms. The van der Waals surface area contributed by atoms with E-state index in [2.05, 4.69) is 4.98 Å². The fourth-order valence-electron chi connectivity index (χ4n) is 1.60. The van der Waals surface area contributed by atoms with Crippen molar-refractivity contribution in [3.63, 3.8) is 0 Å². The summed E-state index contributed by atoms with van der Waals surface area (Å²) in [5.41, 5.74) is 5.89. The van der Waals surface area contributed by atoms with Crippen molar-refractivity contribution in [2.45, 2.75) is 6.61 Å². The third-order valence-electron chi connectivity index (χ3n) is 2.79. The first kappa shape index (κ1) is 17.8. The van der Waals surface area contributed by atoms with Gasteiger partial charge in [0.2, 0.25) is 5.91 Å². The summed E-state index contributed by atoms with van der Waals surface area (Å²) in [6.45, 7) is -0.0618. The number of nitrogens with two attached hydrogens (primary N) is 1. The molecule has 1 aromatic carbocycles. The molecule has 0 bridgehead atoms. The van der Waals surface area contributed by atoms with Crippen molar-refractivity contribution >= 4 is 58.3 Å². The summed E-state index contributed by atoms with van der Waals surface area (Å²) in [6.07, 6.45) is 0. The third-order valence-corrected chi connectivity index (χ3v) is 4.46. The number of primary amides is 1. The Morgan fingerprint density at radius 3 is 2.17 bits per heavy atom. The van der Waals surface area contributed by atoms with Crippen LogP contribution >= 0.6 is 46.4 Å². The van der Waals surface area contributed by atoms with E-state index in [1.165, 1.54) is 12.1 Å². The van der Waals surface area contributed by atoms with Crippen LogP contribution in [0, 0.1) is 0 Å². The van der Waals surface area contributed by atoms with Gasteiger partial charge in [0.05, 0.1) is 15.1 Å². The van der Waals surface area contributed by atoms with Crippen LogP contribution in [0.1, 0.15) is 26.4 Å². The number of carbonyl (C=O) groups excluding carboxylic acids is 2. The Morgan fingerprint density at radius 1 is 1.00 bits per heavy atom. The van der Waals surface area contributed by atoms with Crippen LogP contribution in [0.3, 0.4) is 0 Å². The zero-order valence-electron chi connectivity index (χ0n) is 11.3. The minimum absolute atomic E-state index is 0.0445. The maximum atomic E-state index is 12.0. The van der Waals surface area contributed by atoms with E-state index in [-0.39, 0.29) is 32.5 Å². The lowest BCUT2D eigenvalue weighted by molar-refractivity contribution is 0.0465. The van der Waals surface area contributed by atoms with E-state index in [4.69, 9.17) is 56.9 Å². The lowest BCUT2D eigenvalue weighted by Crippen LogP contribution is -2.11. The minimum Gasteiger partial charge on any atom is -0.456 e. The number of nitrogens with zero attached hydrogens (tertiary/aromatic N) is 1. The zero-order chi connectivity index (χ0) is 17.1. The Labute approximate surface area is 151 Å². The maximum Gasteiger partial charge on any atom is 0.358 e. The molecule has 0 unspecified atom stereocenters. The predicted octanol–water partition coefficient (Wildman–Crippen LogP) is 4.15. The standard InChI is InChI=1S/C14H8Cl4N2O3/c15-8-9(16)11(20-12(18)10(8)17)14(22)23-5-6-1-3-7(4-2-6)13(19)21/h1-4H,5H2,(H2,19,21). The van der Waals surface area contributed by atoms with Gasteiger partial charge in [-0.1, -0.05) is 58.5 Å². The number of ether oxygens (including phenoxy) is 1. The second-order valence-corrected chi connectivity index (χ2v) is 5.82. The molecule has 120 valence electrons. The normalized spacial score (nSPS) is 10.4. The molecule has 0 saturated heterocycles. The van der Waals surface area contributed by atoms with Gasteiger partial charge in [0.15, 0.2) is 5.69 Å². The van der Waals surface area contributed by atoms with E-state index in [0.29, 0.717) is 11.1 Å². The van der Waals surface area contributed by atoms with Crippen molar-refractivity contribution in [2.24, 2.45) is 5.73 Å². The molecular weight excluding hydrogens is 386 g/mol. The van der Waals surface area contributed by atoms with Gasteiger partial charge in [-0.2, -0.15) is 0 Å². The number of carbonyl (C=O) groups is 2. The molecule has 0 aliphatic carbocycles. The highest BCUT2D eigenvalue weighted by atomic mass is 35.5. The monoisotopic (exact) mass is 392 g/mol. The fraction of sp³-hybridized carbons (Fsp3) is 0.0714. The van der Waals surface area contributed by atoms with Gasteiger partial charge in [0.1, 0.15) is 11.8 Å². The lowest BCUT2D eigenvalue weighted by atomic mass is 10.1. The summed E-state index contributed by atoms with van der Waals surface area (Å²) in [5.74, 6) is -1.36. The van der Waals surface area contributed by atoms with Gasteiger partial charge in [-0.25, -0.2) is 9.78 Å². The fourth-order valence-corrected chi connectivity index (χ4v) is 2.41. The van der Waals surface area contributed by atoms with Crippen molar-refractivity contribution in [2.75, 3.05) is 0 Å². The first-order valence-electron chi connectivity index (χ1n) is 6.07. The molecule has 2 aromatic rings. The number of hydrogen-bond acceptors (Lipinski definition) is 4. The van der Waals surface area contributed by atoms with Gasteiger partial charge in [0.25, 0.3) is 0 Å². The summed E-state index contributed by atoms with van der Waals surface area (Å²) in [4.78, 5) is 26.8. The summed E-state index contributed by atoms with van der Waals surface area (Å²) < 4.78 is 5.08. The van der Waals surface area contributed by atoms with Crippen molar-refractivity contribution in [3.8, 4) is 0 Å². The highest BCUT2D eigenvalue weighted by molar-refractivity contribution is 6.52. The zero-order valence-corrected chi connectivity index (χ0v) is 14.3. The van der Waals surface area contributed by atoms with E-state index >= 15 is 0 Å². The Kier molecular flexibility index (Phi) is 5.70. The average molecular weight is 394 g/mol. The molecule has 1 amide bonds. The number of benzene rings is 1. The molecule has 0 saturated carbocycles. The largest absolute Gasteiger partial charge is 0.456 e. The Hall–Kier alpha value is -1.53. The number of rotatable bonds is 4. The van der Waals surface area contributed by atoms with Crippen LogP contribution in [0.4, 0.5) is 0 Å². The third kappa shape index (κ3) is 4.06. The highest BCUT2D eigenvalue weighted by Crippen LogP contribution is 2.36. The first-order chi connectivity index (χ1) is 10.8. The Balaban J connectivity index is 2.12. The molecular formula is C14H8Cl4N2O3. The van der Waals surface area contributed by atoms with Gasteiger partial charge < -0.3 is 10.5 Å². The molecule has 2 N–H and O–H groups in total. The van der Waals surface area contributed by atoms with Crippen LogP contribution in [-0.2, 0) is 11.3 Å². The molecule has 0 atom stereocenters. The van der Waals surface area contributed by atoms with Crippen LogP contribution in [0.2, 0.25) is 20.2 Å². The second-order valence-electron chi connectivity index (χ2n) is 4.33. The van der Waals surface area contributed by atoms with Crippen molar-refractivity contribution in [1.82, 2.24) is 4.98 Å². The minimum atomic E-state index is -0.811. The molecule has 0 spiro atoms. The van der Waals surface area contributed by atoms with Gasteiger partial charge in [-0.15, -0.1) is 0 Å². The van der Waals surface area contributed by atoms with Gasteiger partial charge in [-0.05, 0) is 17.7 Å². The number of esters is 1. The lowest BCUT2D eigenvalue weighted by Gasteiger charge is -2.08. The SMILES string of the molecule is NC(=O)c1ccc(COC(=O)c2nc(Cl)c(Cl)c(Cl)c2Cl)cc1. The Bertz CT molecular complexity index is 779. The number of amides is 1. The number of aromatic nitrogens is 1.